The molecule has 7 nitrogen and oxygen atoms in total. The first-order chi connectivity index (χ1) is 12.5. The van der Waals surface area contributed by atoms with Crippen molar-refractivity contribution in [2.24, 2.45) is 0 Å². The van der Waals surface area contributed by atoms with Crippen LogP contribution in [0.15, 0.2) is 45.4 Å². The van der Waals surface area contributed by atoms with Gasteiger partial charge in [-0.1, -0.05) is 53.5 Å². The molecule has 1 N–H and O–H groups in total. The highest BCUT2D eigenvalue weighted by molar-refractivity contribution is 7.98. The molecule has 2 aromatic rings. The first-order valence-corrected chi connectivity index (χ1v) is 9.05. The van der Waals surface area contributed by atoms with Crippen molar-refractivity contribution >= 4 is 58.3 Å². The van der Waals surface area contributed by atoms with E-state index in [1.807, 2.05) is 30.3 Å². The molecule has 0 spiro atoms. The van der Waals surface area contributed by atoms with Gasteiger partial charge in [0, 0.05) is 5.56 Å². The quantitative estimate of drug-likeness (QED) is 0.360. The van der Waals surface area contributed by atoms with Gasteiger partial charge in [-0.3, -0.25) is 15.0 Å². The van der Waals surface area contributed by atoms with Gasteiger partial charge in [0.05, 0.1) is 6.57 Å². The number of nitrogens with zero attached hydrogens (tertiary/aromatic N) is 4. The van der Waals surface area contributed by atoms with Gasteiger partial charge in [0.1, 0.15) is 15.1 Å². The molecular formula is C16H9Cl2N5O2S. The molecule has 0 atom stereocenters. The predicted molar refractivity (Wildman–Crippen MR) is 99.7 cm³/mol. The normalized spacial score (nSPS) is 14.0. The Morgan fingerprint density at radius 2 is 1.73 bits per heavy atom. The number of nitrogens with one attached hydrogen (secondary N) is 1. The number of thioether (sulfide) groups is 1. The highest BCUT2D eigenvalue weighted by Gasteiger charge is 2.38. The van der Waals surface area contributed by atoms with Gasteiger partial charge in [-0.05, 0) is 6.26 Å². The molecule has 0 fully saturated rings. The van der Waals surface area contributed by atoms with E-state index in [4.69, 9.17) is 29.8 Å². The first-order valence-electron chi connectivity index (χ1n) is 7.07. The molecule has 0 saturated carbocycles. The molecule has 1 aromatic heterocycles. The second-order valence-corrected chi connectivity index (χ2v) is 6.47. The Labute approximate surface area is 162 Å². The van der Waals surface area contributed by atoms with Crippen molar-refractivity contribution in [3.8, 4) is 11.4 Å². The first kappa shape index (κ1) is 18.2. The van der Waals surface area contributed by atoms with Crippen LogP contribution in [0.25, 0.3) is 16.2 Å². The maximum Gasteiger partial charge on any atom is 0.292 e. The summed E-state index contributed by atoms with van der Waals surface area (Å²) >= 11 is 12.7. The van der Waals surface area contributed by atoms with Gasteiger partial charge in [0.15, 0.2) is 11.6 Å². The van der Waals surface area contributed by atoms with Gasteiger partial charge in [0.2, 0.25) is 0 Å². The second-order valence-electron chi connectivity index (χ2n) is 4.92. The number of amides is 2. The lowest BCUT2D eigenvalue weighted by molar-refractivity contribution is -0.135. The van der Waals surface area contributed by atoms with Crippen LogP contribution in [-0.2, 0) is 9.59 Å². The number of imide groups is 1. The summed E-state index contributed by atoms with van der Waals surface area (Å²) in [4.78, 5) is 36.3. The fourth-order valence-electron chi connectivity index (χ4n) is 2.16. The van der Waals surface area contributed by atoms with Crippen LogP contribution in [0.3, 0.4) is 0 Å². The molecule has 0 radical (unpaired) electrons. The summed E-state index contributed by atoms with van der Waals surface area (Å²) in [5.74, 6) is -1.28. The molecule has 10 heteroatoms. The lowest BCUT2D eigenvalue weighted by atomic mass is 10.2. The zero-order valence-electron chi connectivity index (χ0n) is 13.2. The Morgan fingerprint density at radius 3 is 2.27 bits per heavy atom. The number of halogens is 2. The minimum Gasteiger partial charge on any atom is -0.281 e. The van der Waals surface area contributed by atoms with E-state index in [1.165, 1.54) is 11.8 Å². The van der Waals surface area contributed by atoms with Crippen molar-refractivity contribution in [1.82, 2.24) is 15.0 Å². The van der Waals surface area contributed by atoms with Crippen LogP contribution in [0, 0.1) is 6.57 Å². The summed E-state index contributed by atoms with van der Waals surface area (Å²) < 4.78 is 0. The average molecular weight is 406 g/mol. The highest BCUT2D eigenvalue weighted by atomic mass is 35.5. The Hall–Kier alpha value is -2.60. The largest absolute Gasteiger partial charge is 0.292 e. The molecule has 0 saturated heterocycles. The summed E-state index contributed by atoms with van der Waals surface area (Å²) in [7, 11) is 0. The average Bonchev–Trinajstić information content (AvgIpc) is 2.85. The Morgan fingerprint density at radius 1 is 1.12 bits per heavy atom. The lowest BCUT2D eigenvalue weighted by Crippen LogP contribution is -2.37. The number of carbonyl (C=O) groups is 2. The van der Waals surface area contributed by atoms with Crippen LogP contribution >= 0.6 is 35.0 Å². The standard InChI is InChI=1S/C16H9Cl2N5O2S/c1-19-11-13(22-23-15(24)9(17)10(18)16(23)25)20-12(21-14(11)26-2)8-6-4-3-5-7-8/h3-7H,2H3,(H,20,21,22). The maximum atomic E-state index is 12.1. The number of rotatable bonds is 4. The van der Waals surface area contributed by atoms with E-state index in [-0.39, 0.29) is 11.5 Å². The van der Waals surface area contributed by atoms with Gasteiger partial charge < -0.3 is 0 Å². The molecule has 1 aliphatic rings. The van der Waals surface area contributed by atoms with Crippen molar-refractivity contribution in [3.05, 3.63) is 51.8 Å². The number of carbonyl (C=O) groups excluding carboxylic acids is 2. The van der Waals surface area contributed by atoms with E-state index in [0.717, 1.165) is 5.56 Å². The molecule has 1 aliphatic heterocycles. The van der Waals surface area contributed by atoms with Crippen molar-refractivity contribution in [1.29, 1.82) is 0 Å². The summed E-state index contributed by atoms with van der Waals surface area (Å²) in [6.07, 6.45) is 1.76. The van der Waals surface area contributed by atoms with Crippen LogP contribution in [-0.4, -0.2) is 33.0 Å². The van der Waals surface area contributed by atoms with Crippen LogP contribution in [0.5, 0.6) is 0 Å². The molecule has 2 amide bonds. The van der Waals surface area contributed by atoms with Gasteiger partial charge in [-0.25, -0.2) is 14.8 Å². The molecule has 1 aromatic carbocycles. The number of hydrogen-bond acceptors (Lipinski definition) is 6. The number of hydrazine groups is 1. The monoisotopic (exact) mass is 405 g/mol. The molecule has 3 rings (SSSR count). The number of anilines is 1. The fraction of sp³-hybridized carbons (Fsp3) is 0.0625. The van der Waals surface area contributed by atoms with Crippen LogP contribution in [0.2, 0.25) is 0 Å². The fourth-order valence-corrected chi connectivity index (χ4v) is 3.00. The topological polar surface area (TPSA) is 79.5 Å². The predicted octanol–water partition coefficient (Wildman–Crippen LogP) is 3.80. The molecule has 0 aliphatic carbocycles. The molecule has 0 unspecified atom stereocenters. The minimum absolute atomic E-state index is 0.00994. The SMILES string of the molecule is [C-]#[N+]c1c(NN2C(=O)C(Cl)=C(Cl)C2=O)nc(-c2ccccc2)nc1SC. The molecule has 130 valence electrons. The van der Waals surface area contributed by atoms with Crippen LogP contribution in [0.1, 0.15) is 0 Å². The smallest absolute Gasteiger partial charge is 0.281 e. The Kier molecular flexibility index (Phi) is 5.13. The van der Waals surface area contributed by atoms with E-state index in [9.17, 15) is 9.59 Å². The highest BCUT2D eigenvalue weighted by Crippen LogP contribution is 2.36. The van der Waals surface area contributed by atoms with E-state index in [0.29, 0.717) is 15.9 Å². The van der Waals surface area contributed by atoms with Crippen molar-refractivity contribution < 1.29 is 9.59 Å². The van der Waals surface area contributed by atoms with Crippen molar-refractivity contribution in [2.75, 3.05) is 11.7 Å². The van der Waals surface area contributed by atoms with Gasteiger partial charge in [0.25, 0.3) is 17.5 Å². The van der Waals surface area contributed by atoms with E-state index < -0.39 is 21.9 Å². The van der Waals surface area contributed by atoms with E-state index in [1.54, 1.807) is 6.26 Å². The minimum atomic E-state index is -0.817. The van der Waals surface area contributed by atoms with Crippen LogP contribution in [0.4, 0.5) is 11.5 Å². The van der Waals surface area contributed by atoms with Crippen molar-refractivity contribution in [2.45, 2.75) is 5.03 Å². The van der Waals surface area contributed by atoms with Gasteiger partial charge in [-0.15, -0.1) is 11.8 Å². The lowest BCUT2D eigenvalue weighted by Gasteiger charge is -2.18. The third-order valence-electron chi connectivity index (χ3n) is 3.38. The van der Waals surface area contributed by atoms with E-state index >= 15 is 0 Å². The van der Waals surface area contributed by atoms with Gasteiger partial charge in [-0.2, -0.15) is 5.01 Å². The summed E-state index contributed by atoms with van der Waals surface area (Å²) in [6.45, 7) is 7.40. The second kappa shape index (κ2) is 7.33. The summed E-state index contributed by atoms with van der Waals surface area (Å²) in [5, 5.41) is 0.244. The summed E-state index contributed by atoms with van der Waals surface area (Å²) in [5.41, 5.74) is 3.35. The summed E-state index contributed by atoms with van der Waals surface area (Å²) in [6, 6.07) is 9.11. The third-order valence-corrected chi connectivity index (χ3v) is 4.85. The number of aromatic nitrogens is 2. The van der Waals surface area contributed by atoms with Crippen molar-refractivity contribution in [3.63, 3.8) is 0 Å². The molecular weight excluding hydrogens is 397 g/mol. The zero-order chi connectivity index (χ0) is 18.8. The Bertz CT molecular complexity index is 964. The third kappa shape index (κ3) is 3.12. The number of hydrogen-bond donors (Lipinski definition) is 1. The zero-order valence-corrected chi connectivity index (χ0v) is 15.5. The maximum absolute atomic E-state index is 12.1. The van der Waals surface area contributed by atoms with Gasteiger partial charge >= 0.3 is 0 Å². The number of benzene rings is 1. The van der Waals surface area contributed by atoms with Crippen LogP contribution < -0.4 is 5.43 Å². The molecule has 26 heavy (non-hydrogen) atoms. The molecule has 2 heterocycles. The van der Waals surface area contributed by atoms with E-state index in [2.05, 4.69) is 20.2 Å². The Balaban J connectivity index is 2.08. The molecule has 0 bridgehead atoms.